The first-order valence-corrected chi connectivity index (χ1v) is 19.9. The highest BCUT2D eigenvalue weighted by Gasteiger charge is 2.38. The van der Waals surface area contributed by atoms with Crippen molar-refractivity contribution in [1.29, 1.82) is 0 Å². The number of aliphatic hydroxyl groups is 1. The van der Waals surface area contributed by atoms with E-state index in [4.69, 9.17) is 9.47 Å². The van der Waals surface area contributed by atoms with Gasteiger partial charge in [-0.1, -0.05) is 115 Å². The lowest BCUT2D eigenvalue weighted by Gasteiger charge is -2.41. The number of nitrogens with one attached hydrogen (secondary N) is 2. The topological polar surface area (TPSA) is 141 Å². The number of amides is 1. The molecule has 276 valence electrons. The second kappa shape index (κ2) is 17.5. The number of nitrogens with zero attached hydrogens (tertiary/aromatic N) is 1. The molecule has 3 N–H and O–H groups in total. The smallest absolute Gasteiger partial charge is 0.251 e. The van der Waals surface area contributed by atoms with Crippen molar-refractivity contribution in [3.05, 3.63) is 166 Å². The number of sulfonamides is 1. The minimum atomic E-state index is -3.97. The molecule has 0 radical (unpaired) electrons. The number of thioether (sulfide) groups is 1. The summed E-state index contributed by atoms with van der Waals surface area (Å²) in [7, 11) is -3.97. The fourth-order valence-electron chi connectivity index (χ4n) is 6.12. The van der Waals surface area contributed by atoms with Gasteiger partial charge < -0.3 is 25.1 Å². The Kier molecular flexibility index (Phi) is 12.6. The van der Waals surface area contributed by atoms with Crippen LogP contribution in [-0.2, 0) is 43.9 Å². The van der Waals surface area contributed by atoms with E-state index in [1.807, 2.05) is 91.9 Å². The first kappa shape index (κ1) is 38.2. The van der Waals surface area contributed by atoms with Crippen molar-refractivity contribution in [2.24, 2.45) is 5.92 Å². The van der Waals surface area contributed by atoms with Gasteiger partial charge in [0.25, 0.3) is 5.03 Å². The van der Waals surface area contributed by atoms with Crippen LogP contribution in [0.2, 0.25) is 0 Å². The van der Waals surface area contributed by atoms with E-state index in [0.29, 0.717) is 10.8 Å². The molecule has 1 aliphatic rings. The van der Waals surface area contributed by atoms with Gasteiger partial charge in [-0.2, -0.15) is 9.45 Å². The van der Waals surface area contributed by atoms with E-state index < -0.39 is 28.3 Å². The Labute approximate surface area is 314 Å². The number of rotatable bonds is 14. The Balaban J connectivity index is 1.15. The monoisotopic (exact) mass is 753 g/mol. The van der Waals surface area contributed by atoms with Crippen LogP contribution >= 0.6 is 11.8 Å². The highest BCUT2D eigenvalue weighted by molar-refractivity contribution is 7.99. The third kappa shape index (κ3) is 9.91. The summed E-state index contributed by atoms with van der Waals surface area (Å²) in [6.07, 6.45) is 0.373. The molecule has 53 heavy (non-hydrogen) atoms. The van der Waals surface area contributed by atoms with Gasteiger partial charge >= 0.3 is 0 Å². The number of carbonyl (C=O) groups is 1. The average molecular weight is 754 g/mol. The summed E-state index contributed by atoms with van der Waals surface area (Å²) in [5.74, 6) is 0.0273. The van der Waals surface area contributed by atoms with Crippen molar-refractivity contribution in [1.82, 2.24) is 10.0 Å². The van der Waals surface area contributed by atoms with E-state index in [-0.39, 0.29) is 42.6 Å². The molecular weight excluding hydrogens is 711 g/mol. The number of ether oxygens (including phenoxy) is 2. The summed E-state index contributed by atoms with van der Waals surface area (Å²) in [6, 6.07) is 35.2. The summed E-state index contributed by atoms with van der Waals surface area (Å²) in [5.41, 5.74) is 5.10. The summed E-state index contributed by atoms with van der Waals surface area (Å²) in [5, 5.41) is 25.4. The molecule has 12 heteroatoms. The summed E-state index contributed by atoms with van der Waals surface area (Å²) in [4.78, 5) is 13.6. The average Bonchev–Trinajstić information content (AvgIpc) is 3.17. The number of aliphatic hydroxyl groups excluding tert-OH is 1. The Hall–Kier alpha value is -4.56. The first-order chi connectivity index (χ1) is 25.6. The SMILES string of the molecule is Cc1ccc(S(=O)(=O)N[C@H](Cc2ccccc2)C(=O)NCc2ccc([C@H]3O[C@@H](CSc4cccc[n+]4[O-])[C@@H](C)[C@@H](c4ccc(CO)cc4)O3)cc2)cc1. The Bertz CT molecular complexity index is 2060. The summed E-state index contributed by atoms with van der Waals surface area (Å²) < 4.78 is 43.1. The number of benzene rings is 4. The van der Waals surface area contributed by atoms with Crippen LogP contribution in [0.15, 0.2) is 137 Å². The fourth-order valence-corrected chi connectivity index (χ4v) is 8.39. The van der Waals surface area contributed by atoms with Gasteiger partial charge in [0.15, 0.2) is 12.5 Å². The maximum Gasteiger partial charge on any atom is 0.251 e. The van der Waals surface area contributed by atoms with Gasteiger partial charge in [-0.15, -0.1) is 0 Å². The van der Waals surface area contributed by atoms with Crippen molar-refractivity contribution in [2.75, 3.05) is 5.75 Å². The van der Waals surface area contributed by atoms with Gasteiger partial charge in [-0.3, -0.25) is 4.79 Å². The van der Waals surface area contributed by atoms with Crippen LogP contribution in [0, 0.1) is 18.0 Å². The molecule has 10 nitrogen and oxygen atoms in total. The lowest BCUT2D eigenvalue weighted by Crippen LogP contribution is -2.47. The standard InChI is InChI=1S/C41H43N3O7S2/c1-28-11-21-35(22-12-28)53(48,49)43-36(24-30-8-4-3-5-9-30)40(46)42-25-31-13-19-34(20-14-31)41-50-37(27-52-38-10-6-7-23-44(38)47)29(2)39(51-41)33-17-15-32(26-45)16-18-33/h3-23,29,36-37,39,41,43,45H,24-27H2,1-2H3,(H,42,46)/t29-,36-,37+,39+,41+/m1/s1. The van der Waals surface area contributed by atoms with Crippen LogP contribution in [0.25, 0.3) is 0 Å². The molecule has 5 aromatic rings. The van der Waals surface area contributed by atoms with E-state index in [1.165, 1.54) is 30.1 Å². The van der Waals surface area contributed by atoms with Gasteiger partial charge in [0, 0.05) is 35.9 Å². The minimum absolute atomic E-state index is 0.0516. The van der Waals surface area contributed by atoms with Crippen molar-refractivity contribution in [3.63, 3.8) is 0 Å². The van der Waals surface area contributed by atoms with Crippen LogP contribution in [0.5, 0.6) is 0 Å². The highest BCUT2D eigenvalue weighted by Crippen LogP contribution is 2.42. The van der Waals surface area contributed by atoms with Gasteiger partial charge in [0.2, 0.25) is 15.9 Å². The van der Waals surface area contributed by atoms with Gasteiger partial charge in [-0.25, -0.2) is 8.42 Å². The molecule has 0 spiro atoms. The normalized spacial score (nSPS) is 19.4. The predicted octanol–water partition coefficient (Wildman–Crippen LogP) is 5.91. The van der Waals surface area contributed by atoms with E-state index in [2.05, 4.69) is 17.0 Å². The van der Waals surface area contributed by atoms with Crippen molar-refractivity contribution >= 4 is 27.7 Å². The molecule has 4 aromatic carbocycles. The Morgan fingerprint density at radius 3 is 2.19 bits per heavy atom. The highest BCUT2D eigenvalue weighted by atomic mass is 32.2. The molecule has 0 aliphatic carbocycles. The Morgan fingerprint density at radius 1 is 0.849 bits per heavy atom. The lowest BCUT2D eigenvalue weighted by atomic mass is 9.91. The number of hydrogen-bond acceptors (Lipinski definition) is 8. The third-order valence-corrected chi connectivity index (χ3v) is 11.8. The van der Waals surface area contributed by atoms with Crippen LogP contribution in [0.4, 0.5) is 0 Å². The first-order valence-electron chi connectivity index (χ1n) is 17.4. The summed E-state index contributed by atoms with van der Waals surface area (Å²) >= 11 is 1.43. The molecule has 5 atom stereocenters. The van der Waals surface area contributed by atoms with Crippen LogP contribution in [-0.4, -0.2) is 37.3 Å². The number of carbonyl (C=O) groups excluding carboxylic acids is 1. The number of aromatic nitrogens is 1. The van der Waals surface area contributed by atoms with E-state index in [9.17, 15) is 23.5 Å². The summed E-state index contributed by atoms with van der Waals surface area (Å²) in [6.45, 7) is 4.06. The molecule has 0 saturated carbocycles. The zero-order valence-corrected chi connectivity index (χ0v) is 31.1. The lowest BCUT2D eigenvalue weighted by molar-refractivity contribution is -0.645. The minimum Gasteiger partial charge on any atom is -0.618 e. The van der Waals surface area contributed by atoms with E-state index >= 15 is 0 Å². The number of aryl methyl sites for hydroxylation is 1. The van der Waals surface area contributed by atoms with Crippen LogP contribution in [0.3, 0.4) is 0 Å². The molecule has 2 heterocycles. The molecule has 1 fully saturated rings. The molecular formula is C41H43N3O7S2. The molecule has 1 aromatic heterocycles. The maximum atomic E-state index is 13.5. The predicted molar refractivity (Wildman–Crippen MR) is 203 cm³/mol. The van der Waals surface area contributed by atoms with E-state index in [1.54, 1.807) is 24.3 Å². The Morgan fingerprint density at radius 2 is 1.51 bits per heavy atom. The quantitative estimate of drug-likeness (QED) is 0.0723. The zero-order valence-electron chi connectivity index (χ0n) is 29.5. The molecule has 0 unspecified atom stereocenters. The molecule has 0 bridgehead atoms. The van der Waals surface area contributed by atoms with Crippen LogP contribution in [0.1, 0.15) is 52.7 Å². The molecule has 6 rings (SSSR count). The second-order valence-electron chi connectivity index (χ2n) is 13.1. The van der Waals surface area contributed by atoms with Crippen LogP contribution < -0.4 is 14.8 Å². The van der Waals surface area contributed by atoms with Crippen molar-refractivity contribution < 1.29 is 32.5 Å². The number of pyridine rings is 1. The fraction of sp³-hybridized carbons (Fsp3) is 0.268. The maximum absolute atomic E-state index is 13.5. The number of hydrogen-bond donors (Lipinski definition) is 3. The van der Waals surface area contributed by atoms with Crippen molar-refractivity contribution in [2.45, 2.75) is 67.9 Å². The largest absolute Gasteiger partial charge is 0.618 e. The molecule has 1 saturated heterocycles. The van der Waals surface area contributed by atoms with Gasteiger partial charge in [0.05, 0.1) is 23.7 Å². The molecule has 1 aliphatic heterocycles. The van der Waals surface area contributed by atoms with Gasteiger partial charge in [0.1, 0.15) is 6.04 Å². The van der Waals surface area contributed by atoms with Crippen molar-refractivity contribution in [3.8, 4) is 0 Å². The third-order valence-electron chi connectivity index (χ3n) is 9.25. The molecule has 1 amide bonds. The second-order valence-corrected chi connectivity index (χ2v) is 15.9. The zero-order chi connectivity index (χ0) is 37.4. The van der Waals surface area contributed by atoms with E-state index in [0.717, 1.165) is 38.1 Å². The van der Waals surface area contributed by atoms with Gasteiger partial charge in [-0.05, 0) is 53.8 Å².